The lowest BCUT2D eigenvalue weighted by atomic mass is 10.3. The second-order valence-corrected chi connectivity index (χ2v) is 5.59. The van der Waals surface area contributed by atoms with Crippen molar-refractivity contribution in [3.8, 4) is 0 Å². The molecule has 4 nitrogen and oxygen atoms in total. The zero-order valence-electron chi connectivity index (χ0n) is 9.98. The molecular formula is C11H17FN2O2S. The minimum absolute atomic E-state index is 0.0703. The normalized spacial score (nSPS) is 12.0. The summed E-state index contributed by atoms with van der Waals surface area (Å²) < 4.78 is 38.8. The maximum Gasteiger partial charge on any atom is 0.245 e. The third-order valence-electron chi connectivity index (χ3n) is 2.42. The van der Waals surface area contributed by atoms with Crippen LogP contribution < -0.4 is 5.73 Å². The van der Waals surface area contributed by atoms with Gasteiger partial charge in [-0.2, -0.15) is 4.31 Å². The van der Waals surface area contributed by atoms with Crippen molar-refractivity contribution in [2.45, 2.75) is 25.2 Å². The summed E-state index contributed by atoms with van der Waals surface area (Å²) in [5, 5.41) is 0. The van der Waals surface area contributed by atoms with Gasteiger partial charge in [0.15, 0.2) is 0 Å². The summed E-state index contributed by atoms with van der Waals surface area (Å²) in [6.45, 7) is 4.36. The van der Waals surface area contributed by atoms with Crippen LogP contribution in [0.2, 0.25) is 0 Å². The average molecular weight is 260 g/mol. The molecule has 2 N–H and O–H groups in total. The Labute approximate surface area is 101 Å². The van der Waals surface area contributed by atoms with Crippen LogP contribution in [0.4, 0.5) is 10.1 Å². The highest BCUT2D eigenvalue weighted by atomic mass is 32.2. The molecule has 0 aliphatic heterocycles. The SMILES string of the molecule is CCCN(CC)S(=O)(=O)c1cc(F)ccc1N. The summed E-state index contributed by atoms with van der Waals surface area (Å²) in [6.07, 6.45) is 0.697. The molecule has 0 spiro atoms. The molecule has 0 unspecified atom stereocenters. The molecule has 0 heterocycles. The molecule has 0 bridgehead atoms. The highest BCUT2D eigenvalue weighted by molar-refractivity contribution is 7.89. The van der Waals surface area contributed by atoms with Crippen molar-refractivity contribution in [2.24, 2.45) is 0 Å². The van der Waals surface area contributed by atoms with Crippen molar-refractivity contribution in [2.75, 3.05) is 18.8 Å². The van der Waals surface area contributed by atoms with Gasteiger partial charge in [-0.1, -0.05) is 13.8 Å². The molecule has 0 aliphatic rings. The Morgan fingerprint density at radius 3 is 2.53 bits per heavy atom. The number of hydrogen-bond acceptors (Lipinski definition) is 3. The van der Waals surface area contributed by atoms with Crippen LogP contribution in [0.1, 0.15) is 20.3 Å². The van der Waals surface area contributed by atoms with Crippen LogP contribution >= 0.6 is 0 Å². The lowest BCUT2D eigenvalue weighted by Gasteiger charge is -2.20. The van der Waals surface area contributed by atoms with E-state index in [4.69, 9.17) is 5.73 Å². The fraction of sp³-hybridized carbons (Fsp3) is 0.455. The first kappa shape index (κ1) is 13.9. The Kier molecular flexibility index (Phi) is 4.47. The van der Waals surface area contributed by atoms with Gasteiger partial charge >= 0.3 is 0 Å². The molecule has 1 aromatic carbocycles. The van der Waals surface area contributed by atoms with E-state index in [0.29, 0.717) is 19.5 Å². The van der Waals surface area contributed by atoms with Gasteiger partial charge in [-0.15, -0.1) is 0 Å². The van der Waals surface area contributed by atoms with E-state index in [0.717, 1.165) is 12.1 Å². The number of sulfonamides is 1. The highest BCUT2D eigenvalue weighted by Gasteiger charge is 2.24. The van der Waals surface area contributed by atoms with Gasteiger partial charge in [-0.25, -0.2) is 12.8 Å². The minimum atomic E-state index is -3.70. The van der Waals surface area contributed by atoms with Gasteiger partial charge in [0, 0.05) is 13.1 Å². The molecule has 0 saturated heterocycles. The molecule has 0 amide bonds. The first-order valence-electron chi connectivity index (χ1n) is 5.48. The number of halogens is 1. The fourth-order valence-electron chi connectivity index (χ4n) is 1.57. The lowest BCUT2D eigenvalue weighted by Crippen LogP contribution is -2.32. The van der Waals surface area contributed by atoms with Gasteiger partial charge in [0.2, 0.25) is 10.0 Å². The second-order valence-electron chi connectivity index (χ2n) is 3.68. The van der Waals surface area contributed by atoms with Crippen LogP contribution in [-0.4, -0.2) is 25.8 Å². The lowest BCUT2D eigenvalue weighted by molar-refractivity contribution is 0.427. The van der Waals surface area contributed by atoms with Crippen molar-refractivity contribution >= 4 is 15.7 Å². The van der Waals surface area contributed by atoms with E-state index in [1.165, 1.54) is 10.4 Å². The van der Waals surface area contributed by atoms with E-state index in [9.17, 15) is 12.8 Å². The van der Waals surface area contributed by atoms with E-state index in [2.05, 4.69) is 0 Å². The summed E-state index contributed by atoms with van der Waals surface area (Å²) >= 11 is 0. The molecule has 0 aromatic heterocycles. The van der Waals surface area contributed by atoms with E-state index < -0.39 is 15.8 Å². The summed E-state index contributed by atoms with van der Waals surface area (Å²) in [6, 6.07) is 3.37. The van der Waals surface area contributed by atoms with Crippen molar-refractivity contribution in [3.63, 3.8) is 0 Å². The van der Waals surface area contributed by atoms with Gasteiger partial charge in [0.05, 0.1) is 5.69 Å². The first-order valence-corrected chi connectivity index (χ1v) is 6.92. The molecule has 17 heavy (non-hydrogen) atoms. The number of anilines is 1. The smallest absolute Gasteiger partial charge is 0.245 e. The van der Waals surface area contributed by atoms with Gasteiger partial charge in [-0.3, -0.25) is 0 Å². The Bertz CT molecular complexity index is 488. The van der Waals surface area contributed by atoms with Crippen molar-refractivity contribution < 1.29 is 12.8 Å². The predicted molar refractivity (Wildman–Crippen MR) is 65.5 cm³/mol. The Morgan fingerprint density at radius 1 is 1.35 bits per heavy atom. The number of nitrogen functional groups attached to an aromatic ring is 1. The summed E-state index contributed by atoms with van der Waals surface area (Å²) in [4.78, 5) is -0.159. The first-order chi connectivity index (χ1) is 7.93. The Morgan fingerprint density at radius 2 is 2.00 bits per heavy atom. The molecule has 0 atom stereocenters. The van der Waals surface area contributed by atoms with Gasteiger partial charge < -0.3 is 5.73 Å². The fourth-order valence-corrected chi connectivity index (χ4v) is 3.24. The molecule has 1 aromatic rings. The number of nitrogens with two attached hydrogens (primary N) is 1. The van der Waals surface area contributed by atoms with E-state index >= 15 is 0 Å². The van der Waals surface area contributed by atoms with Crippen LogP contribution in [0.25, 0.3) is 0 Å². The van der Waals surface area contributed by atoms with Gasteiger partial charge in [-0.05, 0) is 24.6 Å². The van der Waals surface area contributed by atoms with E-state index in [1.54, 1.807) is 6.92 Å². The van der Waals surface area contributed by atoms with Crippen LogP contribution in [0.15, 0.2) is 23.1 Å². The second kappa shape index (κ2) is 5.46. The molecule has 1 rings (SSSR count). The van der Waals surface area contributed by atoms with Crippen LogP contribution in [0.3, 0.4) is 0 Å². The molecular weight excluding hydrogens is 243 g/mol. The number of nitrogens with zero attached hydrogens (tertiary/aromatic N) is 1. The maximum absolute atomic E-state index is 13.1. The summed E-state index contributed by atoms with van der Waals surface area (Å²) in [7, 11) is -3.70. The van der Waals surface area contributed by atoms with Gasteiger partial charge in [0.25, 0.3) is 0 Å². The zero-order chi connectivity index (χ0) is 13.1. The zero-order valence-corrected chi connectivity index (χ0v) is 10.8. The Balaban J connectivity index is 3.24. The Hall–Kier alpha value is -1.14. The van der Waals surface area contributed by atoms with E-state index in [-0.39, 0.29) is 10.6 Å². The molecule has 96 valence electrons. The number of hydrogen-bond donors (Lipinski definition) is 1. The van der Waals surface area contributed by atoms with Crippen molar-refractivity contribution in [3.05, 3.63) is 24.0 Å². The monoisotopic (exact) mass is 260 g/mol. The van der Waals surface area contributed by atoms with Crippen molar-refractivity contribution in [1.29, 1.82) is 0 Å². The standard InChI is InChI=1S/C11H17FN2O2S/c1-3-7-14(4-2)17(15,16)11-8-9(12)5-6-10(11)13/h5-6,8H,3-4,7,13H2,1-2H3. The quantitative estimate of drug-likeness (QED) is 0.821. The number of rotatable bonds is 5. The van der Waals surface area contributed by atoms with Crippen LogP contribution in [0.5, 0.6) is 0 Å². The molecule has 6 heteroatoms. The van der Waals surface area contributed by atoms with Gasteiger partial charge in [0.1, 0.15) is 10.7 Å². The molecule has 0 fully saturated rings. The largest absolute Gasteiger partial charge is 0.398 e. The third-order valence-corrected chi connectivity index (χ3v) is 4.45. The number of benzene rings is 1. The van der Waals surface area contributed by atoms with Crippen molar-refractivity contribution in [1.82, 2.24) is 4.31 Å². The maximum atomic E-state index is 13.1. The van der Waals surface area contributed by atoms with Crippen LogP contribution in [-0.2, 0) is 10.0 Å². The average Bonchev–Trinajstić information content (AvgIpc) is 2.28. The summed E-state index contributed by atoms with van der Waals surface area (Å²) in [5.74, 6) is -0.606. The molecule has 0 radical (unpaired) electrons. The van der Waals surface area contributed by atoms with E-state index in [1.807, 2.05) is 6.92 Å². The third kappa shape index (κ3) is 2.95. The van der Waals surface area contributed by atoms with Crippen LogP contribution in [0, 0.1) is 5.82 Å². The summed E-state index contributed by atoms with van der Waals surface area (Å²) in [5.41, 5.74) is 5.66. The predicted octanol–water partition coefficient (Wildman–Crippen LogP) is 1.83. The highest BCUT2D eigenvalue weighted by Crippen LogP contribution is 2.23. The molecule has 0 saturated carbocycles. The molecule has 0 aliphatic carbocycles. The minimum Gasteiger partial charge on any atom is -0.398 e. The topological polar surface area (TPSA) is 63.4 Å².